The van der Waals surface area contributed by atoms with E-state index in [1.54, 1.807) is 0 Å². The SMILES string of the molecule is CC1CCC(C(N)c2cc3cc(Cl)ccc3o2)C1. The lowest BCUT2D eigenvalue weighted by Crippen LogP contribution is -2.18. The zero-order valence-corrected chi connectivity index (χ0v) is 11.3. The molecule has 3 atom stereocenters. The van der Waals surface area contributed by atoms with E-state index in [1.807, 2.05) is 24.3 Å². The van der Waals surface area contributed by atoms with Gasteiger partial charge in [-0.15, -0.1) is 0 Å². The lowest BCUT2D eigenvalue weighted by Gasteiger charge is -2.16. The average molecular weight is 264 g/mol. The summed E-state index contributed by atoms with van der Waals surface area (Å²) in [4.78, 5) is 0. The van der Waals surface area contributed by atoms with Crippen molar-refractivity contribution in [2.24, 2.45) is 17.6 Å². The number of fused-ring (bicyclic) bond motifs is 1. The summed E-state index contributed by atoms with van der Waals surface area (Å²) in [5, 5.41) is 1.77. The predicted molar refractivity (Wildman–Crippen MR) is 74.7 cm³/mol. The molecule has 96 valence electrons. The molecule has 1 saturated carbocycles. The van der Waals surface area contributed by atoms with Crippen molar-refractivity contribution in [3.63, 3.8) is 0 Å². The van der Waals surface area contributed by atoms with Crippen LogP contribution >= 0.6 is 11.6 Å². The summed E-state index contributed by atoms with van der Waals surface area (Å²) in [5.74, 6) is 2.24. The van der Waals surface area contributed by atoms with Gasteiger partial charge in [0.25, 0.3) is 0 Å². The van der Waals surface area contributed by atoms with Crippen LogP contribution in [0.3, 0.4) is 0 Å². The van der Waals surface area contributed by atoms with E-state index < -0.39 is 0 Å². The van der Waals surface area contributed by atoms with Gasteiger partial charge in [0.1, 0.15) is 11.3 Å². The normalized spacial score (nSPS) is 25.7. The van der Waals surface area contributed by atoms with Crippen molar-refractivity contribution in [2.45, 2.75) is 32.2 Å². The molecular formula is C15H18ClNO. The van der Waals surface area contributed by atoms with Crippen molar-refractivity contribution < 1.29 is 4.42 Å². The maximum absolute atomic E-state index is 6.34. The number of nitrogens with two attached hydrogens (primary N) is 1. The molecule has 3 unspecified atom stereocenters. The third kappa shape index (κ3) is 2.15. The van der Waals surface area contributed by atoms with E-state index in [0.717, 1.165) is 27.7 Å². The molecule has 18 heavy (non-hydrogen) atoms. The Hall–Kier alpha value is -0.990. The molecule has 1 aliphatic rings. The van der Waals surface area contributed by atoms with E-state index in [0.29, 0.717) is 5.92 Å². The van der Waals surface area contributed by atoms with Gasteiger partial charge in [0.05, 0.1) is 6.04 Å². The van der Waals surface area contributed by atoms with E-state index in [9.17, 15) is 0 Å². The number of rotatable bonds is 2. The van der Waals surface area contributed by atoms with Gasteiger partial charge in [-0.1, -0.05) is 24.9 Å². The monoisotopic (exact) mass is 263 g/mol. The first-order chi connectivity index (χ1) is 8.63. The minimum Gasteiger partial charge on any atom is -0.459 e. The number of hydrogen-bond acceptors (Lipinski definition) is 2. The van der Waals surface area contributed by atoms with Gasteiger partial charge in [-0.3, -0.25) is 0 Å². The number of hydrogen-bond donors (Lipinski definition) is 1. The van der Waals surface area contributed by atoms with E-state index in [4.69, 9.17) is 21.8 Å². The van der Waals surface area contributed by atoms with Crippen LogP contribution in [-0.4, -0.2) is 0 Å². The molecule has 0 bridgehead atoms. The fourth-order valence-corrected chi connectivity index (χ4v) is 3.19. The largest absolute Gasteiger partial charge is 0.459 e. The Balaban J connectivity index is 1.89. The highest BCUT2D eigenvalue weighted by Gasteiger charge is 2.29. The highest BCUT2D eigenvalue weighted by atomic mass is 35.5. The highest BCUT2D eigenvalue weighted by molar-refractivity contribution is 6.31. The average Bonchev–Trinajstić information content (AvgIpc) is 2.93. The van der Waals surface area contributed by atoms with Crippen molar-refractivity contribution in [1.29, 1.82) is 0 Å². The van der Waals surface area contributed by atoms with Crippen molar-refractivity contribution in [3.8, 4) is 0 Å². The second-order valence-electron chi connectivity index (χ2n) is 5.54. The smallest absolute Gasteiger partial charge is 0.134 e. The zero-order chi connectivity index (χ0) is 12.7. The lowest BCUT2D eigenvalue weighted by atomic mass is 9.96. The number of halogens is 1. The first kappa shape index (κ1) is 12.1. The quantitative estimate of drug-likeness (QED) is 0.865. The van der Waals surface area contributed by atoms with Crippen molar-refractivity contribution in [3.05, 3.63) is 35.0 Å². The van der Waals surface area contributed by atoms with Crippen LogP contribution < -0.4 is 5.73 Å². The summed E-state index contributed by atoms with van der Waals surface area (Å²) in [6.45, 7) is 2.30. The van der Waals surface area contributed by atoms with Crippen LogP contribution in [0.15, 0.2) is 28.7 Å². The molecule has 1 aromatic heterocycles. The van der Waals surface area contributed by atoms with E-state index in [1.165, 1.54) is 19.3 Å². The van der Waals surface area contributed by atoms with Gasteiger partial charge in [-0.05, 0) is 48.9 Å². The molecule has 1 aliphatic carbocycles. The Bertz CT molecular complexity index is 563. The molecule has 0 amide bonds. The van der Waals surface area contributed by atoms with Crippen molar-refractivity contribution >= 4 is 22.6 Å². The summed E-state index contributed by atoms with van der Waals surface area (Å²) in [6.07, 6.45) is 3.70. The van der Waals surface area contributed by atoms with Crippen LogP contribution in [0.1, 0.15) is 38.0 Å². The Kier molecular flexibility index (Phi) is 3.08. The molecule has 0 spiro atoms. The maximum Gasteiger partial charge on any atom is 0.134 e. The Morgan fingerprint density at radius 2 is 2.17 bits per heavy atom. The fourth-order valence-electron chi connectivity index (χ4n) is 3.01. The summed E-state index contributed by atoms with van der Waals surface area (Å²) < 4.78 is 5.85. The fraction of sp³-hybridized carbons (Fsp3) is 0.467. The van der Waals surface area contributed by atoms with Crippen LogP contribution in [0.25, 0.3) is 11.0 Å². The second kappa shape index (κ2) is 4.60. The molecule has 1 aromatic carbocycles. The Morgan fingerprint density at radius 1 is 1.33 bits per heavy atom. The molecule has 0 aliphatic heterocycles. The van der Waals surface area contributed by atoms with Gasteiger partial charge in [-0.2, -0.15) is 0 Å². The van der Waals surface area contributed by atoms with Crippen LogP contribution in [-0.2, 0) is 0 Å². The molecule has 1 fully saturated rings. The number of furan rings is 1. The number of benzene rings is 1. The van der Waals surface area contributed by atoms with E-state index >= 15 is 0 Å². The van der Waals surface area contributed by atoms with Gasteiger partial charge in [-0.25, -0.2) is 0 Å². The van der Waals surface area contributed by atoms with Crippen molar-refractivity contribution in [2.75, 3.05) is 0 Å². The molecule has 2 nitrogen and oxygen atoms in total. The first-order valence-electron chi connectivity index (χ1n) is 6.58. The zero-order valence-electron chi connectivity index (χ0n) is 10.5. The highest BCUT2D eigenvalue weighted by Crippen LogP contribution is 2.39. The molecule has 3 rings (SSSR count). The third-order valence-electron chi connectivity index (χ3n) is 4.07. The molecule has 0 radical (unpaired) electrons. The molecular weight excluding hydrogens is 246 g/mol. The third-order valence-corrected chi connectivity index (χ3v) is 4.30. The Labute approximate surface area is 112 Å². The van der Waals surface area contributed by atoms with Crippen LogP contribution in [0.4, 0.5) is 0 Å². The summed E-state index contributed by atoms with van der Waals surface area (Å²) in [7, 11) is 0. The molecule has 2 aromatic rings. The predicted octanol–water partition coefficient (Wildman–Crippen LogP) is 4.52. The molecule has 2 N–H and O–H groups in total. The summed E-state index contributed by atoms with van der Waals surface area (Å²) >= 11 is 5.98. The van der Waals surface area contributed by atoms with Crippen LogP contribution in [0.5, 0.6) is 0 Å². The molecule has 3 heteroatoms. The topological polar surface area (TPSA) is 39.2 Å². The minimum absolute atomic E-state index is 0.0149. The van der Waals surface area contributed by atoms with Gasteiger partial charge in [0, 0.05) is 10.4 Å². The van der Waals surface area contributed by atoms with Gasteiger partial charge >= 0.3 is 0 Å². The van der Waals surface area contributed by atoms with Crippen LogP contribution in [0.2, 0.25) is 5.02 Å². The van der Waals surface area contributed by atoms with Gasteiger partial charge in [0.2, 0.25) is 0 Å². The molecule has 1 heterocycles. The van der Waals surface area contributed by atoms with Crippen molar-refractivity contribution in [1.82, 2.24) is 0 Å². The molecule has 0 saturated heterocycles. The lowest BCUT2D eigenvalue weighted by molar-refractivity contribution is 0.371. The van der Waals surface area contributed by atoms with E-state index in [-0.39, 0.29) is 6.04 Å². The van der Waals surface area contributed by atoms with Gasteiger partial charge in [0.15, 0.2) is 0 Å². The maximum atomic E-state index is 6.34. The summed E-state index contributed by atoms with van der Waals surface area (Å²) in [6, 6.07) is 7.73. The standard InChI is InChI=1S/C15H18ClNO/c1-9-2-3-10(6-9)15(17)14-8-11-7-12(16)4-5-13(11)18-14/h4-5,7-10,15H,2-3,6,17H2,1H3. The van der Waals surface area contributed by atoms with E-state index in [2.05, 4.69) is 6.92 Å². The summed E-state index contributed by atoms with van der Waals surface area (Å²) in [5.41, 5.74) is 7.21. The van der Waals surface area contributed by atoms with Crippen LogP contribution in [0, 0.1) is 11.8 Å². The first-order valence-corrected chi connectivity index (χ1v) is 6.96. The minimum atomic E-state index is 0.0149. The second-order valence-corrected chi connectivity index (χ2v) is 5.97. The van der Waals surface area contributed by atoms with Gasteiger partial charge < -0.3 is 10.2 Å². The Morgan fingerprint density at radius 3 is 2.89 bits per heavy atom.